The zero-order chi connectivity index (χ0) is 19.5. The van der Waals surface area contributed by atoms with E-state index in [0.29, 0.717) is 5.56 Å². The van der Waals surface area contributed by atoms with Crippen LogP contribution >= 0.6 is 0 Å². The first-order valence-electron chi connectivity index (χ1n) is 8.15. The number of nitrogens with one attached hydrogen (secondary N) is 2. The van der Waals surface area contributed by atoms with Crippen LogP contribution in [0.25, 0.3) is 0 Å². The predicted molar refractivity (Wildman–Crippen MR) is 101 cm³/mol. The number of halogens is 1. The van der Waals surface area contributed by atoms with Gasteiger partial charge in [0.15, 0.2) is 0 Å². The summed E-state index contributed by atoms with van der Waals surface area (Å²) in [7, 11) is -3.55. The van der Waals surface area contributed by atoms with Crippen LogP contribution in [0.2, 0.25) is 0 Å². The molecule has 26 heavy (non-hydrogen) atoms. The zero-order valence-corrected chi connectivity index (χ0v) is 16.1. The lowest BCUT2D eigenvalue weighted by Crippen LogP contribution is -2.31. The van der Waals surface area contributed by atoms with Gasteiger partial charge in [-0.2, -0.15) is 0 Å². The quantitative estimate of drug-likeness (QED) is 0.809. The second-order valence-corrected chi connectivity index (χ2v) is 8.30. The monoisotopic (exact) mass is 378 g/mol. The zero-order valence-electron chi connectivity index (χ0n) is 15.3. The molecule has 1 amide bonds. The summed E-state index contributed by atoms with van der Waals surface area (Å²) in [6.45, 7) is 5.79. The van der Waals surface area contributed by atoms with Crippen molar-refractivity contribution in [1.82, 2.24) is 4.72 Å². The van der Waals surface area contributed by atoms with Crippen LogP contribution in [0.15, 0.2) is 36.4 Å². The van der Waals surface area contributed by atoms with E-state index in [1.807, 2.05) is 32.9 Å². The van der Waals surface area contributed by atoms with E-state index in [4.69, 9.17) is 0 Å². The van der Waals surface area contributed by atoms with Crippen molar-refractivity contribution in [3.8, 4) is 0 Å². The predicted octanol–water partition coefficient (Wildman–Crippen LogP) is 3.37. The highest BCUT2D eigenvalue weighted by atomic mass is 32.2. The van der Waals surface area contributed by atoms with Crippen molar-refractivity contribution in [3.63, 3.8) is 0 Å². The molecule has 0 aliphatic heterocycles. The van der Waals surface area contributed by atoms with E-state index >= 15 is 0 Å². The summed E-state index contributed by atoms with van der Waals surface area (Å²) < 4.78 is 38.9. The number of carbonyl (C=O) groups is 1. The van der Waals surface area contributed by atoms with Crippen molar-refractivity contribution in [2.75, 3.05) is 11.6 Å². The van der Waals surface area contributed by atoms with Crippen LogP contribution in [-0.2, 0) is 14.8 Å². The number of benzene rings is 2. The lowest BCUT2D eigenvalue weighted by molar-refractivity contribution is -0.116. The number of carbonyl (C=O) groups excluding carboxylic acids is 1. The van der Waals surface area contributed by atoms with Crippen LogP contribution in [0, 0.1) is 26.6 Å². The maximum absolute atomic E-state index is 13.1. The molecule has 5 nitrogen and oxygen atoms in total. The van der Waals surface area contributed by atoms with Gasteiger partial charge in [0.25, 0.3) is 0 Å². The van der Waals surface area contributed by atoms with Crippen molar-refractivity contribution in [3.05, 3.63) is 64.5 Å². The minimum absolute atomic E-state index is 0.106. The second kappa shape index (κ2) is 7.97. The molecule has 0 aliphatic rings. The molecule has 2 aromatic carbocycles. The molecule has 0 radical (unpaired) electrons. The third-order valence-corrected chi connectivity index (χ3v) is 4.67. The Morgan fingerprint density at radius 2 is 1.62 bits per heavy atom. The van der Waals surface area contributed by atoms with Crippen LogP contribution in [-0.4, -0.2) is 20.6 Å². The van der Waals surface area contributed by atoms with E-state index in [1.165, 1.54) is 24.3 Å². The Bertz CT molecular complexity index is 886. The minimum atomic E-state index is -3.55. The van der Waals surface area contributed by atoms with E-state index in [1.54, 1.807) is 0 Å². The number of amides is 1. The molecule has 0 saturated heterocycles. The van der Waals surface area contributed by atoms with E-state index in [2.05, 4.69) is 10.0 Å². The highest BCUT2D eigenvalue weighted by Gasteiger charge is 2.20. The topological polar surface area (TPSA) is 75.3 Å². The van der Waals surface area contributed by atoms with E-state index in [9.17, 15) is 17.6 Å². The standard InChI is InChI=1S/C19H23FN2O3S/c1-12-9-13(2)19(14(3)10-12)21-18(23)11-17(22-26(4,24)25)15-5-7-16(20)8-6-15/h5-10,17,22H,11H2,1-4H3,(H,21,23). The van der Waals surface area contributed by atoms with Gasteiger partial charge in [-0.25, -0.2) is 17.5 Å². The summed E-state index contributed by atoms with van der Waals surface area (Å²) in [4.78, 5) is 12.5. The number of hydrogen-bond donors (Lipinski definition) is 2. The van der Waals surface area contributed by atoms with Crippen LogP contribution in [0.4, 0.5) is 10.1 Å². The molecular weight excluding hydrogens is 355 g/mol. The number of sulfonamides is 1. The van der Waals surface area contributed by atoms with Crippen LogP contribution < -0.4 is 10.0 Å². The van der Waals surface area contributed by atoms with Crippen LogP contribution in [0.3, 0.4) is 0 Å². The van der Waals surface area contributed by atoms with E-state index < -0.39 is 21.9 Å². The molecule has 2 aromatic rings. The van der Waals surface area contributed by atoms with Gasteiger partial charge in [-0.15, -0.1) is 0 Å². The fourth-order valence-electron chi connectivity index (χ4n) is 2.93. The maximum Gasteiger partial charge on any atom is 0.226 e. The molecular formula is C19H23FN2O3S. The summed E-state index contributed by atoms with van der Waals surface area (Å²) in [6.07, 6.45) is 0.918. The van der Waals surface area contributed by atoms with Gasteiger partial charge in [0.05, 0.1) is 12.3 Å². The average Bonchev–Trinajstić information content (AvgIpc) is 2.49. The Hall–Kier alpha value is -2.25. The van der Waals surface area contributed by atoms with Crippen molar-refractivity contribution in [1.29, 1.82) is 0 Å². The molecule has 0 fully saturated rings. The smallest absolute Gasteiger partial charge is 0.226 e. The molecule has 1 atom stereocenters. The normalized spacial score (nSPS) is 12.7. The minimum Gasteiger partial charge on any atom is -0.326 e. The fraction of sp³-hybridized carbons (Fsp3) is 0.316. The van der Waals surface area contributed by atoms with Crippen molar-refractivity contribution in [2.45, 2.75) is 33.2 Å². The van der Waals surface area contributed by atoms with Gasteiger partial charge in [0.2, 0.25) is 15.9 Å². The first-order chi connectivity index (χ1) is 12.0. The summed E-state index contributed by atoms with van der Waals surface area (Å²) in [5, 5.41) is 2.86. The lowest BCUT2D eigenvalue weighted by Gasteiger charge is -2.19. The molecule has 0 spiro atoms. The van der Waals surface area contributed by atoms with Crippen LogP contribution in [0.5, 0.6) is 0 Å². The maximum atomic E-state index is 13.1. The Labute approximate surface area is 153 Å². The van der Waals surface area contributed by atoms with Crippen molar-refractivity contribution >= 4 is 21.6 Å². The number of rotatable bonds is 6. The van der Waals surface area contributed by atoms with Crippen LogP contribution in [0.1, 0.15) is 34.7 Å². The Morgan fingerprint density at radius 3 is 2.12 bits per heavy atom. The Balaban J connectivity index is 2.22. The molecule has 0 aromatic heterocycles. The molecule has 0 aliphatic carbocycles. The molecule has 0 bridgehead atoms. The highest BCUT2D eigenvalue weighted by Crippen LogP contribution is 2.24. The Morgan fingerprint density at radius 1 is 1.08 bits per heavy atom. The molecule has 0 heterocycles. The first-order valence-corrected chi connectivity index (χ1v) is 10.0. The van der Waals surface area contributed by atoms with Gasteiger partial charge >= 0.3 is 0 Å². The molecule has 2 N–H and O–H groups in total. The first kappa shape index (κ1) is 20.1. The largest absolute Gasteiger partial charge is 0.326 e. The summed E-state index contributed by atoms with van der Waals surface area (Å²) in [6, 6.07) is 8.55. The van der Waals surface area contributed by atoms with E-state index in [0.717, 1.165) is 28.6 Å². The van der Waals surface area contributed by atoms with Gasteiger partial charge in [-0.05, 0) is 49.6 Å². The van der Waals surface area contributed by atoms with Gasteiger partial charge in [0, 0.05) is 12.1 Å². The molecule has 1 unspecified atom stereocenters. The molecule has 140 valence electrons. The van der Waals surface area contributed by atoms with Crippen molar-refractivity contribution in [2.24, 2.45) is 0 Å². The molecule has 2 rings (SSSR count). The van der Waals surface area contributed by atoms with E-state index in [-0.39, 0.29) is 12.3 Å². The number of hydrogen-bond acceptors (Lipinski definition) is 3. The van der Waals surface area contributed by atoms with Gasteiger partial charge in [0.1, 0.15) is 5.82 Å². The third-order valence-electron chi connectivity index (χ3n) is 3.96. The summed E-state index contributed by atoms with van der Waals surface area (Å²) in [5.74, 6) is -0.757. The summed E-state index contributed by atoms with van der Waals surface area (Å²) >= 11 is 0. The third kappa shape index (κ3) is 5.64. The lowest BCUT2D eigenvalue weighted by atomic mass is 10.0. The number of anilines is 1. The molecule has 0 saturated carbocycles. The van der Waals surface area contributed by atoms with Gasteiger partial charge in [-0.3, -0.25) is 4.79 Å². The SMILES string of the molecule is Cc1cc(C)c(NC(=O)CC(NS(C)(=O)=O)c2ccc(F)cc2)c(C)c1. The van der Waals surface area contributed by atoms with Crippen molar-refractivity contribution < 1.29 is 17.6 Å². The average molecular weight is 378 g/mol. The number of aryl methyl sites for hydroxylation is 3. The fourth-order valence-corrected chi connectivity index (χ4v) is 3.67. The van der Waals surface area contributed by atoms with Gasteiger partial charge < -0.3 is 5.32 Å². The Kier molecular flexibility index (Phi) is 6.15. The van der Waals surface area contributed by atoms with Gasteiger partial charge in [-0.1, -0.05) is 29.8 Å². The molecule has 7 heteroatoms. The second-order valence-electron chi connectivity index (χ2n) is 6.52. The highest BCUT2D eigenvalue weighted by molar-refractivity contribution is 7.88. The summed E-state index contributed by atoms with van der Waals surface area (Å²) in [5.41, 5.74) is 4.21.